The van der Waals surface area contributed by atoms with Gasteiger partial charge in [0.05, 0.1) is 5.69 Å². The predicted molar refractivity (Wildman–Crippen MR) is 114 cm³/mol. The number of amides is 1. The minimum Gasteiger partial charge on any atom is -0.451 e. The Kier molecular flexibility index (Phi) is 5.87. The molecule has 0 atom stereocenters. The number of esters is 1. The lowest BCUT2D eigenvalue weighted by atomic mass is 10.1. The summed E-state index contributed by atoms with van der Waals surface area (Å²) in [6, 6.07) is 9.64. The number of nitrogens with one attached hydrogen (secondary N) is 1. The minimum absolute atomic E-state index is 0.103. The Bertz CT molecular complexity index is 1170. The molecule has 0 bridgehead atoms. The van der Waals surface area contributed by atoms with Gasteiger partial charge in [-0.3, -0.25) is 10.1 Å². The van der Waals surface area contributed by atoms with Crippen molar-refractivity contribution in [1.82, 2.24) is 19.9 Å². The van der Waals surface area contributed by atoms with E-state index in [0.29, 0.717) is 16.0 Å². The van der Waals surface area contributed by atoms with Crippen molar-refractivity contribution in [3.05, 3.63) is 64.7 Å². The molecule has 1 aromatic carbocycles. The molecular weight excluding hydrogens is 422 g/mol. The summed E-state index contributed by atoms with van der Waals surface area (Å²) < 4.78 is 5.05. The fourth-order valence-corrected chi connectivity index (χ4v) is 3.90. The van der Waals surface area contributed by atoms with E-state index in [9.17, 15) is 9.59 Å². The number of carbonyl (C=O) groups excluding carboxylic acids is 2. The van der Waals surface area contributed by atoms with Crippen molar-refractivity contribution in [2.75, 3.05) is 11.9 Å². The summed E-state index contributed by atoms with van der Waals surface area (Å²) in [6.45, 7) is 1.58. The summed E-state index contributed by atoms with van der Waals surface area (Å²) in [4.78, 5) is 41.0. The third-order valence-electron chi connectivity index (χ3n) is 3.90. The molecule has 30 heavy (non-hydrogen) atoms. The number of aryl methyl sites for hydroxylation is 1. The van der Waals surface area contributed by atoms with Crippen molar-refractivity contribution in [3.63, 3.8) is 0 Å². The van der Waals surface area contributed by atoms with Gasteiger partial charge >= 0.3 is 5.97 Å². The Labute approximate surface area is 179 Å². The molecule has 0 saturated carbocycles. The fourth-order valence-electron chi connectivity index (χ4n) is 2.43. The number of aromatic nitrogens is 4. The van der Waals surface area contributed by atoms with E-state index in [4.69, 9.17) is 4.74 Å². The zero-order chi connectivity index (χ0) is 20.9. The molecule has 8 nitrogen and oxygen atoms in total. The number of hydrogen-bond donors (Lipinski definition) is 1. The van der Waals surface area contributed by atoms with Gasteiger partial charge in [0, 0.05) is 28.7 Å². The molecule has 0 radical (unpaired) electrons. The molecular formula is C20H15N5O3S2. The number of thiazole rings is 2. The first kappa shape index (κ1) is 19.8. The Morgan fingerprint density at radius 2 is 1.80 bits per heavy atom. The largest absolute Gasteiger partial charge is 0.451 e. The van der Waals surface area contributed by atoms with E-state index in [1.54, 1.807) is 23.8 Å². The summed E-state index contributed by atoms with van der Waals surface area (Å²) in [7, 11) is 0. The second-order valence-corrected chi connectivity index (χ2v) is 7.85. The van der Waals surface area contributed by atoms with Crippen LogP contribution in [-0.4, -0.2) is 38.4 Å². The van der Waals surface area contributed by atoms with Crippen molar-refractivity contribution in [3.8, 4) is 22.1 Å². The third kappa shape index (κ3) is 4.73. The van der Waals surface area contributed by atoms with Crippen molar-refractivity contribution in [2.24, 2.45) is 0 Å². The normalized spacial score (nSPS) is 10.6. The quantitative estimate of drug-likeness (QED) is 0.457. The number of benzene rings is 1. The van der Waals surface area contributed by atoms with Crippen LogP contribution in [0.4, 0.5) is 5.13 Å². The highest BCUT2D eigenvalue weighted by molar-refractivity contribution is 7.14. The summed E-state index contributed by atoms with van der Waals surface area (Å²) in [6.07, 6.45) is 3.18. The van der Waals surface area contributed by atoms with E-state index in [1.165, 1.54) is 22.7 Å². The van der Waals surface area contributed by atoms with Gasteiger partial charge in [-0.1, -0.05) is 29.8 Å². The maximum atomic E-state index is 12.2. The molecule has 3 heterocycles. The van der Waals surface area contributed by atoms with Gasteiger partial charge in [-0.25, -0.2) is 24.7 Å². The van der Waals surface area contributed by atoms with Crippen molar-refractivity contribution in [1.29, 1.82) is 0 Å². The van der Waals surface area contributed by atoms with Gasteiger partial charge in [0.25, 0.3) is 5.91 Å². The molecule has 10 heteroatoms. The smallest absolute Gasteiger partial charge is 0.358 e. The molecule has 0 spiro atoms. The molecule has 3 aromatic heterocycles. The van der Waals surface area contributed by atoms with Gasteiger partial charge in [0.2, 0.25) is 0 Å². The highest BCUT2D eigenvalue weighted by Gasteiger charge is 2.16. The molecule has 1 amide bonds. The number of rotatable bonds is 6. The Morgan fingerprint density at radius 1 is 1.03 bits per heavy atom. The van der Waals surface area contributed by atoms with Gasteiger partial charge in [-0.05, 0) is 13.0 Å². The van der Waals surface area contributed by atoms with Crippen LogP contribution in [0.25, 0.3) is 22.1 Å². The van der Waals surface area contributed by atoms with E-state index in [0.717, 1.165) is 16.8 Å². The monoisotopic (exact) mass is 437 g/mol. The van der Waals surface area contributed by atoms with E-state index in [1.807, 2.05) is 36.6 Å². The van der Waals surface area contributed by atoms with E-state index in [-0.39, 0.29) is 5.69 Å². The highest BCUT2D eigenvalue weighted by atomic mass is 32.1. The number of anilines is 1. The second kappa shape index (κ2) is 8.89. The SMILES string of the molecule is Cc1ccc(-c2csc(NC(=O)COC(=O)c3csc(-c4ncccn4)n3)n2)cc1. The molecule has 0 unspecified atom stereocenters. The van der Waals surface area contributed by atoms with Crippen LogP contribution >= 0.6 is 22.7 Å². The van der Waals surface area contributed by atoms with Gasteiger partial charge < -0.3 is 4.74 Å². The summed E-state index contributed by atoms with van der Waals surface area (Å²) >= 11 is 2.52. The van der Waals surface area contributed by atoms with Crippen LogP contribution in [0.3, 0.4) is 0 Å². The lowest BCUT2D eigenvalue weighted by molar-refractivity contribution is -0.119. The second-order valence-electron chi connectivity index (χ2n) is 6.14. The number of nitrogens with zero attached hydrogens (tertiary/aromatic N) is 4. The van der Waals surface area contributed by atoms with Gasteiger partial charge in [-0.2, -0.15) is 0 Å². The predicted octanol–water partition coefficient (Wildman–Crippen LogP) is 3.83. The van der Waals surface area contributed by atoms with Crippen molar-refractivity contribution < 1.29 is 14.3 Å². The van der Waals surface area contributed by atoms with Crippen LogP contribution in [0.15, 0.2) is 53.5 Å². The van der Waals surface area contributed by atoms with Crippen LogP contribution in [-0.2, 0) is 9.53 Å². The zero-order valence-electron chi connectivity index (χ0n) is 15.7. The molecule has 0 aliphatic carbocycles. The third-order valence-corrected chi connectivity index (χ3v) is 5.50. The molecule has 0 saturated heterocycles. The molecule has 4 rings (SSSR count). The van der Waals surface area contributed by atoms with Crippen LogP contribution < -0.4 is 5.32 Å². The first-order valence-corrected chi connectivity index (χ1v) is 10.6. The van der Waals surface area contributed by atoms with Crippen LogP contribution in [0.2, 0.25) is 0 Å². The average molecular weight is 438 g/mol. The first-order valence-electron chi connectivity index (χ1n) is 8.81. The molecule has 150 valence electrons. The van der Waals surface area contributed by atoms with Crippen LogP contribution in [0.1, 0.15) is 16.1 Å². The topological polar surface area (TPSA) is 107 Å². The number of ether oxygens (including phenoxy) is 1. The standard InChI is InChI=1S/C20H15N5O3S2/c1-12-3-5-13(6-4-12)14-10-30-20(24-14)25-16(26)9-28-19(27)15-11-29-18(23-15)17-21-7-2-8-22-17/h2-8,10-11H,9H2,1H3,(H,24,25,26). The first-order chi connectivity index (χ1) is 14.6. The van der Waals surface area contributed by atoms with E-state index in [2.05, 4.69) is 25.3 Å². The number of carbonyl (C=O) groups is 2. The summed E-state index contributed by atoms with van der Waals surface area (Å²) in [5.41, 5.74) is 3.00. The molecule has 4 aromatic rings. The molecule has 0 aliphatic heterocycles. The van der Waals surface area contributed by atoms with Gasteiger partial charge in [-0.15, -0.1) is 22.7 Å². The number of hydrogen-bond acceptors (Lipinski definition) is 9. The van der Waals surface area contributed by atoms with E-state index < -0.39 is 18.5 Å². The zero-order valence-corrected chi connectivity index (χ0v) is 17.4. The van der Waals surface area contributed by atoms with Crippen LogP contribution in [0, 0.1) is 6.92 Å². The molecule has 0 fully saturated rings. The Balaban J connectivity index is 1.31. The Morgan fingerprint density at radius 3 is 2.57 bits per heavy atom. The summed E-state index contributed by atoms with van der Waals surface area (Å²) in [5.74, 6) is -0.745. The maximum Gasteiger partial charge on any atom is 0.358 e. The lowest BCUT2D eigenvalue weighted by Crippen LogP contribution is -2.21. The van der Waals surface area contributed by atoms with Gasteiger partial charge in [0.1, 0.15) is 0 Å². The van der Waals surface area contributed by atoms with Crippen LogP contribution in [0.5, 0.6) is 0 Å². The van der Waals surface area contributed by atoms with Gasteiger partial charge in [0.15, 0.2) is 28.3 Å². The highest BCUT2D eigenvalue weighted by Crippen LogP contribution is 2.25. The van der Waals surface area contributed by atoms with Crippen molar-refractivity contribution >= 4 is 39.7 Å². The minimum atomic E-state index is -0.692. The van der Waals surface area contributed by atoms with Crippen molar-refractivity contribution in [2.45, 2.75) is 6.92 Å². The molecule has 1 N–H and O–H groups in total. The summed E-state index contributed by atoms with van der Waals surface area (Å²) in [5, 5.41) is 6.97. The average Bonchev–Trinajstić information content (AvgIpc) is 3.43. The lowest BCUT2D eigenvalue weighted by Gasteiger charge is -2.03. The molecule has 0 aliphatic rings. The fraction of sp³-hybridized carbons (Fsp3) is 0.100. The Hall–Kier alpha value is -3.50. The van der Waals surface area contributed by atoms with E-state index >= 15 is 0 Å². The maximum absolute atomic E-state index is 12.2.